The number of anilines is 3. The van der Waals surface area contributed by atoms with Gasteiger partial charge in [-0.2, -0.15) is 13.2 Å². The topological polar surface area (TPSA) is 101 Å². The first-order valence-electron chi connectivity index (χ1n) is 9.69. The number of halogens is 4. The van der Waals surface area contributed by atoms with E-state index in [-0.39, 0.29) is 40.1 Å². The van der Waals surface area contributed by atoms with Crippen LogP contribution >= 0.6 is 11.6 Å². The number of para-hydroxylation sites is 1. The maximum Gasteiger partial charge on any atom is 0.507 e. The number of benzene rings is 2. The van der Waals surface area contributed by atoms with E-state index in [1.54, 1.807) is 18.2 Å². The number of nitrogens with one attached hydrogen (secondary N) is 1. The van der Waals surface area contributed by atoms with Crippen molar-refractivity contribution in [3.8, 4) is 5.75 Å². The molecule has 0 saturated carbocycles. The molecule has 12 heteroatoms. The van der Waals surface area contributed by atoms with Gasteiger partial charge in [-0.1, -0.05) is 17.7 Å². The second-order valence-electron chi connectivity index (χ2n) is 7.01. The number of amides is 1. The summed E-state index contributed by atoms with van der Waals surface area (Å²) in [7, 11) is 0. The van der Waals surface area contributed by atoms with Crippen LogP contribution in [0.3, 0.4) is 0 Å². The largest absolute Gasteiger partial charge is 0.507 e. The Morgan fingerprint density at radius 2 is 1.88 bits per heavy atom. The number of fused-ring (bicyclic) bond motifs is 1. The molecule has 8 nitrogen and oxygen atoms in total. The molecule has 2 aromatic carbocycles. The van der Waals surface area contributed by atoms with Crippen molar-refractivity contribution >= 4 is 40.9 Å². The van der Waals surface area contributed by atoms with Crippen molar-refractivity contribution in [3.63, 3.8) is 0 Å². The zero-order chi connectivity index (χ0) is 24.5. The summed E-state index contributed by atoms with van der Waals surface area (Å²) in [6.07, 6.45) is -5.74. The van der Waals surface area contributed by atoms with Crippen molar-refractivity contribution in [3.05, 3.63) is 76.9 Å². The first-order valence-corrected chi connectivity index (χ1v) is 10.1. The Morgan fingerprint density at radius 3 is 2.53 bits per heavy atom. The van der Waals surface area contributed by atoms with Crippen LogP contribution in [0.2, 0.25) is 5.02 Å². The smallest absolute Gasteiger partial charge is 0.485 e. The third-order valence-corrected chi connectivity index (χ3v) is 5.13. The highest BCUT2D eigenvalue weighted by Crippen LogP contribution is 2.43. The monoisotopic (exact) mass is 493 g/mol. The van der Waals surface area contributed by atoms with E-state index in [1.807, 2.05) is 0 Å². The van der Waals surface area contributed by atoms with Gasteiger partial charge in [0, 0.05) is 11.9 Å². The van der Waals surface area contributed by atoms with Crippen molar-refractivity contribution in [1.82, 2.24) is 4.98 Å². The summed E-state index contributed by atoms with van der Waals surface area (Å²) >= 11 is 6.27. The predicted molar refractivity (Wildman–Crippen MR) is 116 cm³/mol. The molecule has 34 heavy (non-hydrogen) atoms. The summed E-state index contributed by atoms with van der Waals surface area (Å²) in [5.41, 5.74) is -0.386. The molecule has 1 aromatic heterocycles. The molecule has 1 atom stereocenters. The van der Waals surface area contributed by atoms with Crippen LogP contribution in [0.25, 0.3) is 0 Å². The van der Waals surface area contributed by atoms with Gasteiger partial charge in [-0.15, -0.1) is 0 Å². The Labute approximate surface area is 195 Å². The molecule has 1 aliphatic rings. The Kier molecular flexibility index (Phi) is 6.20. The number of hydrogen-bond donors (Lipinski definition) is 2. The summed E-state index contributed by atoms with van der Waals surface area (Å²) in [5.74, 6) is -0.375. The zero-order valence-corrected chi connectivity index (χ0v) is 17.8. The molecular formula is C22H15ClF3N3O5. The molecule has 0 fully saturated rings. The molecule has 1 aliphatic heterocycles. The van der Waals surface area contributed by atoms with E-state index in [0.29, 0.717) is 0 Å². The second kappa shape index (κ2) is 9.10. The number of carboxylic acid groups (broad SMARTS) is 1. The fourth-order valence-corrected chi connectivity index (χ4v) is 3.59. The van der Waals surface area contributed by atoms with Crippen molar-refractivity contribution in [1.29, 1.82) is 0 Å². The van der Waals surface area contributed by atoms with Crippen LogP contribution in [0, 0.1) is 0 Å². The number of hydrogen-bond acceptors (Lipinski definition) is 6. The van der Waals surface area contributed by atoms with Crippen LogP contribution in [-0.4, -0.2) is 35.0 Å². The van der Waals surface area contributed by atoms with Gasteiger partial charge in [0.1, 0.15) is 6.61 Å². The van der Waals surface area contributed by atoms with Crippen molar-refractivity contribution < 1.29 is 37.3 Å². The number of pyridine rings is 1. The third-order valence-electron chi connectivity index (χ3n) is 4.83. The number of rotatable bonds is 4. The normalized spacial score (nSPS) is 15.2. The first-order chi connectivity index (χ1) is 16.1. The van der Waals surface area contributed by atoms with E-state index < -0.39 is 30.0 Å². The minimum atomic E-state index is -4.50. The minimum Gasteiger partial charge on any atom is -0.485 e. The van der Waals surface area contributed by atoms with E-state index in [0.717, 1.165) is 24.3 Å². The number of alkyl halides is 3. The van der Waals surface area contributed by atoms with Gasteiger partial charge in [0.2, 0.25) is 6.23 Å². The molecule has 0 spiro atoms. The summed E-state index contributed by atoms with van der Waals surface area (Å²) in [6.45, 7) is -0.281. The molecule has 4 rings (SSSR count). The number of carbonyl (C=O) groups is 2. The minimum absolute atomic E-state index is 0.0585. The van der Waals surface area contributed by atoms with Gasteiger partial charge >= 0.3 is 12.3 Å². The molecule has 1 amide bonds. The predicted octanol–water partition coefficient (Wildman–Crippen LogP) is 5.56. The Hall–Kier alpha value is -3.99. The lowest BCUT2D eigenvalue weighted by atomic mass is 10.1. The third kappa shape index (κ3) is 4.69. The number of aromatic nitrogens is 1. The van der Waals surface area contributed by atoms with Crippen molar-refractivity contribution in [2.24, 2.45) is 0 Å². The van der Waals surface area contributed by atoms with E-state index >= 15 is 0 Å². The number of carbonyl (C=O) groups excluding carboxylic acids is 1. The molecule has 2 N–H and O–H groups in total. The van der Waals surface area contributed by atoms with Crippen LogP contribution in [-0.2, 0) is 10.9 Å². The average molecular weight is 494 g/mol. The molecule has 2 heterocycles. The summed E-state index contributed by atoms with van der Waals surface area (Å²) in [5, 5.41) is 11.9. The average Bonchev–Trinajstić information content (AvgIpc) is 2.78. The molecule has 0 aliphatic carbocycles. The van der Waals surface area contributed by atoms with E-state index in [1.165, 1.54) is 23.2 Å². The van der Waals surface area contributed by atoms with Crippen LogP contribution in [0.1, 0.15) is 15.9 Å². The highest BCUT2D eigenvalue weighted by Gasteiger charge is 2.36. The van der Waals surface area contributed by atoms with Gasteiger partial charge < -0.3 is 19.9 Å². The number of ether oxygens (including phenoxy) is 2. The first kappa shape index (κ1) is 23.2. The summed E-state index contributed by atoms with van der Waals surface area (Å²) in [4.78, 5) is 29.7. The van der Waals surface area contributed by atoms with Crippen molar-refractivity contribution in [2.45, 2.75) is 12.4 Å². The summed E-state index contributed by atoms with van der Waals surface area (Å²) < 4.78 is 48.9. The van der Waals surface area contributed by atoms with E-state index in [4.69, 9.17) is 26.2 Å². The summed E-state index contributed by atoms with van der Waals surface area (Å²) in [6, 6.07) is 11.7. The van der Waals surface area contributed by atoms with Crippen LogP contribution in [0.5, 0.6) is 5.75 Å². The Bertz CT molecular complexity index is 1240. The van der Waals surface area contributed by atoms with Gasteiger partial charge in [-0.25, -0.2) is 9.78 Å². The number of nitrogens with zero attached hydrogens (tertiary/aromatic N) is 2. The van der Waals surface area contributed by atoms with Crippen LogP contribution in [0.15, 0.2) is 60.8 Å². The Morgan fingerprint density at radius 1 is 1.15 bits per heavy atom. The second-order valence-corrected chi connectivity index (χ2v) is 7.42. The lowest BCUT2D eigenvalue weighted by molar-refractivity contribution is -0.137. The molecule has 0 unspecified atom stereocenters. The van der Waals surface area contributed by atoms with E-state index in [9.17, 15) is 22.8 Å². The standard InChI is InChI=1S/C22H15ClF3N3O5/c23-15-4-2-10-27-19(15)29-16-5-1-3-14(18(16)33-11-17(29)34-21(31)32)20(30)28-13-8-6-12(7-9-13)22(24,25)26/h1-10,17H,11H2,(H,28,30)(H,31,32)/t17-/m1/s1. The van der Waals surface area contributed by atoms with Crippen LogP contribution in [0.4, 0.5) is 35.2 Å². The Balaban J connectivity index is 1.69. The molecule has 0 saturated heterocycles. The molecule has 176 valence electrons. The SMILES string of the molecule is O=C(O)O[C@@H]1COc2c(C(=O)Nc3ccc(C(F)(F)F)cc3)cccc2N1c1ncccc1Cl. The molecule has 0 bridgehead atoms. The maximum atomic E-state index is 12.9. The lowest BCUT2D eigenvalue weighted by Crippen LogP contribution is -2.44. The zero-order valence-electron chi connectivity index (χ0n) is 17.0. The van der Waals surface area contributed by atoms with E-state index in [2.05, 4.69) is 10.3 Å². The quantitative estimate of drug-likeness (QED) is 0.459. The fraction of sp³-hybridized carbons (Fsp3) is 0.136. The molecular weight excluding hydrogens is 479 g/mol. The van der Waals surface area contributed by atoms with Crippen molar-refractivity contribution in [2.75, 3.05) is 16.8 Å². The fourth-order valence-electron chi connectivity index (χ4n) is 3.38. The highest BCUT2D eigenvalue weighted by molar-refractivity contribution is 6.33. The van der Waals surface area contributed by atoms with Gasteiger partial charge in [0.15, 0.2) is 11.6 Å². The lowest BCUT2D eigenvalue weighted by Gasteiger charge is -2.37. The van der Waals surface area contributed by atoms with Crippen LogP contribution < -0.4 is 15.0 Å². The maximum absolute atomic E-state index is 12.9. The van der Waals surface area contributed by atoms with Gasteiger partial charge in [-0.3, -0.25) is 9.69 Å². The highest BCUT2D eigenvalue weighted by atomic mass is 35.5. The molecule has 0 radical (unpaired) electrons. The van der Waals surface area contributed by atoms with Gasteiger partial charge in [0.05, 0.1) is 21.8 Å². The van der Waals surface area contributed by atoms with Gasteiger partial charge in [0.25, 0.3) is 5.91 Å². The van der Waals surface area contributed by atoms with Gasteiger partial charge in [-0.05, 0) is 48.5 Å². The molecule has 3 aromatic rings.